The van der Waals surface area contributed by atoms with E-state index in [0.29, 0.717) is 6.29 Å². The van der Waals surface area contributed by atoms with Crippen LogP contribution >= 0.6 is 0 Å². The molecule has 0 radical (unpaired) electrons. The Hall–Kier alpha value is -1.87. The van der Waals surface area contributed by atoms with Crippen LogP contribution in [0.15, 0.2) is 6.20 Å². The molecule has 1 aromatic heterocycles. The van der Waals surface area contributed by atoms with Crippen molar-refractivity contribution in [1.29, 1.82) is 5.26 Å². The predicted molar refractivity (Wildman–Crippen MR) is 47.2 cm³/mol. The molecule has 6 heteroatoms. The van der Waals surface area contributed by atoms with E-state index in [1.54, 1.807) is 6.07 Å². The molecule has 0 bridgehead atoms. The van der Waals surface area contributed by atoms with Crippen molar-refractivity contribution in [3.05, 3.63) is 28.6 Å². The molecule has 0 aliphatic carbocycles. The molecule has 1 aromatic rings. The lowest BCUT2D eigenvalue weighted by Gasteiger charge is -2.08. The lowest BCUT2D eigenvalue weighted by Crippen LogP contribution is -2.09. The third kappa shape index (κ3) is 1.97. The Morgan fingerprint density at radius 1 is 1.67 bits per heavy atom. The Balaban J connectivity index is 3.49. The highest BCUT2D eigenvalue weighted by Crippen LogP contribution is 2.25. The molecule has 1 rings (SSSR count). The Kier molecular flexibility index (Phi) is 3.42. The highest BCUT2D eigenvalue weighted by molar-refractivity contribution is 5.77. The maximum atomic E-state index is 12.5. The zero-order valence-corrected chi connectivity index (χ0v) is 7.58. The smallest absolute Gasteiger partial charge is 0.265 e. The van der Waals surface area contributed by atoms with Gasteiger partial charge < -0.3 is 5.73 Å². The molecule has 0 fully saturated rings. The Labute approximate surface area is 84.3 Å². The van der Waals surface area contributed by atoms with Gasteiger partial charge in [0.15, 0.2) is 6.29 Å². The summed E-state index contributed by atoms with van der Waals surface area (Å²) in [6.07, 6.45) is -1.55. The number of aldehydes is 1. The van der Waals surface area contributed by atoms with Gasteiger partial charge >= 0.3 is 0 Å². The molecule has 0 saturated heterocycles. The third-order valence-electron chi connectivity index (χ3n) is 1.91. The van der Waals surface area contributed by atoms with Gasteiger partial charge in [0.2, 0.25) is 0 Å². The number of nitrogens with zero attached hydrogens (tertiary/aromatic N) is 2. The van der Waals surface area contributed by atoms with Crippen LogP contribution in [0.5, 0.6) is 0 Å². The minimum Gasteiger partial charge on any atom is -0.326 e. The summed E-state index contributed by atoms with van der Waals surface area (Å²) in [7, 11) is 0. The quantitative estimate of drug-likeness (QED) is 0.761. The topological polar surface area (TPSA) is 79.8 Å². The summed E-state index contributed by atoms with van der Waals surface area (Å²) < 4.78 is 24.9. The van der Waals surface area contributed by atoms with Gasteiger partial charge in [-0.2, -0.15) is 5.26 Å². The zero-order valence-electron chi connectivity index (χ0n) is 7.58. The summed E-state index contributed by atoms with van der Waals surface area (Å²) in [4.78, 5) is 14.0. The van der Waals surface area contributed by atoms with E-state index >= 15 is 0 Å². The lowest BCUT2D eigenvalue weighted by atomic mass is 10.0. The molecular formula is C9H7F2N3O. The molecule has 4 nitrogen and oxygen atoms in total. The van der Waals surface area contributed by atoms with E-state index in [-0.39, 0.29) is 23.4 Å². The van der Waals surface area contributed by atoms with Gasteiger partial charge in [-0.15, -0.1) is 0 Å². The van der Waals surface area contributed by atoms with Crippen LogP contribution in [0.25, 0.3) is 0 Å². The average Bonchev–Trinajstić information content (AvgIpc) is 2.26. The van der Waals surface area contributed by atoms with E-state index in [2.05, 4.69) is 4.98 Å². The highest BCUT2D eigenvalue weighted by atomic mass is 19.3. The Morgan fingerprint density at radius 3 is 2.73 bits per heavy atom. The molecule has 0 saturated carbocycles. The van der Waals surface area contributed by atoms with E-state index in [1.165, 1.54) is 0 Å². The fourth-order valence-corrected chi connectivity index (χ4v) is 1.20. The van der Waals surface area contributed by atoms with Crippen LogP contribution in [0.3, 0.4) is 0 Å². The van der Waals surface area contributed by atoms with Crippen molar-refractivity contribution < 1.29 is 13.6 Å². The predicted octanol–water partition coefficient (Wildman–Crippen LogP) is 1.16. The van der Waals surface area contributed by atoms with Crippen molar-refractivity contribution in [2.45, 2.75) is 13.0 Å². The van der Waals surface area contributed by atoms with Crippen molar-refractivity contribution in [3.8, 4) is 6.07 Å². The van der Waals surface area contributed by atoms with Gasteiger partial charge in [0, 0.05) is 18.3 Å². The summed E-state index contributed by atoms with van der Waals surface area (Å²) >= 11 is 0. The van der Waals surface area contributed by atoms with Crippen LogP contribution in [0.4, 0.5) is 8.78 Å². The molecule has 78 valence electrons. The molecule has 2 N–H and O–H groups in total. The van der Waals surface area contributed by atoms with Crippen LogP contribution in [0, 0.1) is 11.3 Å². The van der Waals surface area contributed by atoms with E-state index in [1.807, 2.05) is 0 Å². The minimum atomic E-state index is -2.76. The molecular weight excluding hydrogens is 204 g/mol. The highest BCUT2D eigenvalue weighted by Gasteiger charge is 2.18. The SMILES string of the molecule is N#Cc1c(C=O)ncc(C(F)F)c1CN. The zero-order chi connectivity index (χ0) is 11.4. The van der Waals surface area contributed by atoms with Gasteiger partial charge in [0.25, 0.3) is 6.43 Å². The molecule has 15 heavy (non-hydrogen) atoms. The largest absolute Gasteiger partial charge is 0.326 e. The van der Waals surface area contributed by atoms with Crippen molar-refractivity contribution in [2.75, 3.05) is 0 Å². The molecule has 0 atom stereocenters. The van der Waals surface area contributed by atoms with Crippen LogP contribution in [-0.4, -0.2) is 11.3 Å². The number of carbonyl (C=O) groups excluding carboxylic acids is 1. The van der Waals surface area contributed by atoms with Gasteiger partial charge in [-0.25, -0.2) is 8.78 Å². The van der Waals surface area contributed by atoms with Gasteiger partial charge in [-0.3, -0.25) is 9.78 Å². The summed E-state index contributed by atoms with van der Waals surface area (Å²) in [6, 6.07) is 1.65. The molecule has 0 aliphatic rings. The van der Waals surface area contributed by atoms with Crippen LogP contribution in [0.2, 0.25) is 0 Å². The fourth-order valence-electron chi connectivity index (χ4n) is 1.20. The number of nitrogens with two attached hydrogens (primary N) is 1. The van der Waals surface area contributed by atoms with Crippen molar-refractivity contribution in [1.82, 2.24) is 4.98 Å². The van der Waals surface area contributed by atoms with Gasteiger partial charge in [-0.05, 0) is 5.56 Å². The first-order chi connectivity index (χ1) is 7.15. The fraction of sp³-hybridized carbons (Fsp3) is 0.222. The number of aromatic nitrogens is 1. The number of pyridine rings is 1. The third-order valence-corrected chi connectivity index (χ3v) is 1.91. The normalized spacial score (nSPS) is 10.1. The second-order valence-electron chi connectivity index (χ2n) is 2.69. The molecule has 1 heterocycles. The van der Waals surface area contributed by atoms with Crippen LogP contribution in [0.1, 0.15) is 33.6 Å². The number of hydrogen-bond donors (Lipinski definition) is 1. The number of carbonyl (C=O) groups is 1. The number of alkyl halides is 2. The lowest BCUT2D eigenvalue weighted by molar-refractivity contribution is 0.111. The Morgan fingerprint density at radius 2 is 2.33 bits per heavy atom. The standard InChI is InChI=1S/C9H7F2N3O/c10-9(11)7-3-14-8(4-15)6(2-13)5(7)1-12/h3-4,9H,1,12H2. The number of hydrogen-bond acceptors (Lipinski definition) is 4. The number of nitriles is 1. The first kappa shape index (κ1) is 11.2. The van der Waals surface area contributed by atoms with E-state index in [9.17, 15) is 13.6 Å². The summed E-state index contributed by atoms with van der Waals surface area (Å²) in [6.45, 7) is -0.230. The van der Waals surface area contributed by atoms with Crippen molar-refractivity contribution in [2.24, 2.45) is 5.73 Å². The number of halogens is 2. The second-order valence-corrected chi connectivity index (χ2v) is 2.69. The maximum absolute atomic E-state index is 12.5. The molecule has 0 unspecified atom stereocenters. The van der Waals surface area contributed by atoms with Crippen molar-refractivity contribution >= 4 is 6.29 Å². The van der Waals surface area contributed by atoms with E-state index < -0.39 is 12.0 Å². The average molecular weight is 211 g/mol. The van der Waals surface area contributed by atoms with Gasteiger partial charge in [-0.1, -0.05) is 0 Å². The van der Waals surface area contributed by atoms with E-state index in [4.69, 9.17) is 11.0 Å². The summed E-state index contributed by atoms with van der Waals surface area (Å²) in [5.74, 6) is 0. The molecule has 0 aliphatic heterocycles. The second kappa shape index (κ2) is 4.57. The van der Waals surface area contributed by atoms with Gasteiger partial charge in [0.05, 0.1) is 5.56 Å². The Bertz CT molecular complexity index is 426. The first-order valence-corrected chi connectivity index (χ1v) is 4.01. The van der Waals surface area contributed by atoms with Crippen LogP contribution in [-0.2, 0) is 6.54 Å². The van der Waals surface area contributed by atoms with E-state index in [0.717, 1.165) is 6.20 Å². The first-order valence-electron chi connectivity index (χ1n) is 4.01. The molecule has 0 spiro atoms. The summed E-state index contributed by atoms with van der Waals surface area (Å²) in [5.41, 5.74) is 4.49. The maximum Gasteiger partial charge on any atom is 0.265 e. The number of rotatable bonds is 3. The molecule has 0 aromatic carbocycles. The minimum absolute atomic E-state index is 0.0235. The van der Waals surface area contributed by atoms with Crippen molar-refractivity contribution in [3.63, 3.8) is 0 Å². The monoisotopic (exact) mass is 211 g/mol. The van der Waals surface area contributed by atoms with Crippen LogP contribution < -0.4 is 5.73 Å². The van der Waals surface area contributed by atoms with Gasteiger partial charge in [0.1, 0.15) is 11.8 Å². The summed E-state index contributed by atoms with van der Waals surface area (Å²) in [5, 5.41) is 8.72. The molecule has 0 amide bonds.